The quantitative estimate of drug-likeness (QED) is 0.496. The number of rotatable bonds is 4. The molecule has 176 valence electrons. The van der Waals surface area contributed by atoms with Crippen LogP contribution in [0, 0.1) is 24.4 Å². The van der Waals surface area contributed by atoms with Gasteiger partial charge in [-0.1, -0.05) is 11.2 Å². The van der Waals surface area contributed by atoms with Crippen LogP contribution in [0.25, 0.3) is 11.8 Å². The summed E-state index contributed by atoms with van der Waals surface area (Å²) in [6.45, 7) is 3.03. The van der Waals surface area contributed by atoms with E-state index in [4.69, 9.17) is 9.57 Å². The van der Waals surface area contributed by atoms with E-state index >= 15 is 0 Å². The van der Waals surface area contributed by atoms with Crippen LogP contribution in [0.3, 0.4) is 0 Å². The van der Waals surface area contributed by atoms with Crippen LogP contribution >= 0.6 is 0 Å². The summed E-state index contributed by atoms with van der Waals surface area (Å²) in [5, 5.41) is 4.27. The molecule has 3 aromatic rings. The number of halogens is 3. The number of hydrogen-bond acceptors (Lipinski definition) is 5. The molecule has 0 amide bonds. The summed E-state index contributed by atoms with van der Waals surface area (Å²) in [5.41, 5.74) is 3.95. The summed E-state index contributed by atoms with van der Waals surface area (Å²) in [4.78, 5) is 11.9. The highest BCUT2D eigenvalue weighted by Gasteiger charge is 2.31. The lowest BCUT2D eigenvalue weighted by Gasteiger charge is -2.37. The van der Waals surface area contributed by atoms with Crippen LogP contribution < -0.4 is 4.74 Å². The second kappa shape index (κ2) is 8.89. The number of nitrogens with zero attached hydrogens (tertiary/aromatic N) is 4. The molecule has 0 aliphatic carbocycles. The maximum absolute atomic E-state index is 13.7. The maximum atomic E-state index is 13.7. The standard InChI is InChI=1S/C25H23F3N4O2/c1-15-12-32(14-29-15)21-6-5-16(9-22(21)33-2)8-17-4-3-7-31-13-23(34-30-25(17)31)18-10-19(26)24(28)20(27)11-18/h5-6,8-12,14,23H,3-4,7,13H2,1-2H3/b17-8+/t23-/m1/s1. The van der Waals surface area contributed by atoms with Gasteiger partial charge in [-0.15, -0.1) is 0 Å². The molecule has 2 aliphatic heterocycles. The van der Waals surface area contributed by atoms with Crippen molar-refractivity contribution in [2.75, 3.05) is 20.2 Å². The van der Waals surface area contributed by atoms with Gasteiger partial charge in [0.25, 0.3) is 0 Å². The molecule has 0 bridgehead atoms. The summed E-state index contributed by atoms with van der Waals surface area (Å²) >= 11 is 0. The molecule has 0 saturated carbocycles. The van der Waals surface area contributed by atoms with Crippen molar-refractivity contribution in [3.8, 4) is 11.4 Å². The van der Waals surface area contributed by atoms with Gasteiger partial charge in [0.2, 0.25) is 0 Å². The predicted octanol–water partition coefficient (Wildman–Crippen LogP) is 5.17. The molecule has 1 fully saturated rings. The number of oxime groups is 1. The van der Waals surface area contributed by atoms with Crippen molar-refractivity contribution in [2.45, 2.75) is 25.9 Å². The van der Waals surface area contributed by atoms with Gasteiger partial charge in [-0.3, -0.25) is 0 Å². The van der Waals surface area contributed by atoms with Gasteiger partial charge in [-0.25, -0.2) is 18.2 Å². The topological polar surface area (TPSA) is 51.9 Å². The number of piperidine rings is 1. The minimum absolute atomic E-state index is 0.213. The Morgan fingerprint density at radius 1 is 1.15 bits per heavy atom. The predicted molar refractivity (Wildman–Crippen MR) is 121 cm³/mol. The Morgan fingerprint density at radius 3 is 2.65 bits per heavy atom. The van der Waals surface area contributed by atoms with E-state index in [0.717, 1.165) is 54.0 Å². The molecule has 2 aliphatic rings. The van der Waals surface area contributed by atoms with Crippen LogP contribution in [0.15, 0.2) is 53.6 Å². The van der Waals surface area contributed by atoms with E-state index in [1.165, 1.54) is 0 Å². The first-order valence-electron chi connectivity index (χ1n) is 11.0. The van der Waals surface area contributed by atoms with E-state index in [1.807, 2.05) is 46.9 Å². The van der Waals surface area contributed by atoms with E-state index in [-0.39, 0.29) is 5.56 Å². The Balaban J connectivity index is 1.41. The fraction of sp³-hybridized carbons (Fsp3) is 0.280. The SMILES string of the molecule is COc1cc(/C=C2\CCCN3C[C@H](c4cc(F)c(F)c(F)c4)ON=C23)ccc1-n1cnc(C)c1. The van der Waals surface area contributed by atoms with Crippen molar-refractivity contribution in [3.63, 3.8) is 0 Å². The number of aryl methyl sites for hydroxylation is 1. The Hall–Kier alpha value is -3.75. The fourth-order valence-corrected chi connectivity index (χ4v) is 4.34. The number of hydrogen-bond donors (Lipinski definition) is 0. The second-order valence-electron chi connectivity index (χ2n) is 8.38. The molecule has 5 rings (SSSR count). The smallest absolute Gasteiger partial charge is 0.194 e. The highest BCUT2D eigenvalue weighted by molar-refractivity contribution is 6.02. The average molecular weight is 468 g/mol. The Labute approximate surface area is 194 Å². The van der Waals surface area contributed by atoms with Gasteiger partial charge >= 0.3 is 0 Å². The molecule has 0 N–H and O–H groups in total. The normalized spacial score (nSPS) is 19.0. The zero-order valence-electron chi connectivity index (χ0n) is 18.8. The van der Waals surface area contributed by atoms with Gasteiger partial charge in [0, 0.05) is 18.3 Å². The molecule has 1 saturated heterocycles. The van der Waals surface area contributed by atoms with Crippen molar-refractivity contribution in [3.05, 3.63) is 82.7 Å². The molecule has 0 radical (unpaired) electrons. The first kappa shape index (κ1) is 22.1. The van der Waals surface area contributed by atoms with Crippen LogP contribution in [0.5, 0.6) is 5.75 Å². The van der Waals surface area contributed by atoms with Gasteiger partial charge in [0.05, 0.1) is 31.4 Å². The third-order valence-electron chi connectivity index (χ3n) is 6.03. The number of aromatic nitrogens is 2. The van der Waals surface area contributed by atoms with Crippen LogP contribution in [0.2, 0.25) is 0 Å². The maximum Gasteiger partial charge on any atom is 0.194 e. The molecular weight excluding hydrogens is 445 g/mol. The molecular formula is C25H23F3N4O2. The van der Waals surface area contributed by atoms with Gasteiger partial charge in [-0.05, 0) is 61.2 Å². The van der Waals surface area contributed by atoms with Crippen LogP contribution in [-0.4, -0.2) is 40.5 Å². The highest BCUT2D eigenvalue weighted by Crippen LogP contribution is 2.32. The summed E-state index contributed by atoms with van der Waals surface area (Å²) in [6.07, 6.45) is 6.73. The van der Waals surface area contributed by atoms with E-state index in [2.05, 4.69) is 10.1 Å². The third-order valence-corrected chi connectivity index (χ3v) is 6.03. The number of imidazole rings is 1. The molecule has 6 nitrogen and oxygen atoms in total. The Kier molecular flexibility index (Phi) is 5.77. The monoisotopic (exact) mass is 468 g/mol. The second-order valence-corrected chi connectivity index (χ2v) is 8.38. The largest absolute Gasteiger partial charge is 0.495 e. The van der Waals surface area contributed by atoms with Gasteiger partial charge < -0.3 is 19.0 Å². The van der Waals surface area contributed by atoms with Crippen LogP contribution in [0.1, 0.15) is 35.8 Å². The summed E-state index contributed by atoms with van der Waals surface area (Å²) < 4.78 is 48.2. The number of ether oxygens (including phenoxy) is 1. The van der Waals surface area contributed by atoms with Gasteiger partial charge in [-0.2, -0.15) is 0 Å². The molecule has 1 atom stereocenters. The minimum atomic E-state index is -1.49. The average Bonchev–Trinajstić information content (AvgIpc) is 3.28. The lowest BCUT2D eigenvalue weighted by Crippen LogP contribution is -2.43. The molecule has 2 aromatic carbocycles. The lowest BCUT2D eigenvalue weighted by molar-refractivity contribution is 0.0179. The molecule has 34 heavy (non-hydrogen) atoms. The zero-order valence-corrected chi connectivity index (χ0v) is 18.8. The first-order chi connectivity index (χ1) is 16.4. The van der Waals surface area contributed by atoms with Crippen molar-refractivity contribution >= 4 is 11.9 Å². The number of fused-ring (bicyclic) bond motifs is 1. The lowest BCUT2D eigenvalue weighted by atomic mass is 9.98. The van der Waals surface area contributed by atoms with E-state index in [1.54, 1.807) is 13.4 Å². The van der Waals surface area contributed by atoms with Gasteiger partial charge in [0.1, 0.15) is 5.75 Å². The third kappa shape index (κ3) is 4.13. The van der Waals surface area contributed by atoms with Crippen LogP contribution in [-0.2, 0) is 4.84 Å². The molecule has 3 heterocycles. The molecule has 0 spiro atoms. The molecule has 0 unspecified atom stereocenters. The zero-order chi connectivity index (χ0) is 23.8. The number of methoxy groups -OCH3 is 1. The van der Waals surface area contributed by atoms with Crippen LogP contribution in [0.4, 0.5) is 13.2 Å². The summed E-state index contributed by atoms with van der Waals surface area (Å²) in [6, 6.07) is 7.84. The van der Waals surface area contributed by atoms with Crippen molar-refractivity contribution in [1.82, 2.24) is 14.5 Å². The van der Waals surface area contributed by atoms with E-state index in [0.29, 0.717) is 18.1 Å². The summed E-state index contributed by atoms with van der Waals surface area (Å²) in [5.74, 6) is -2.57. The molecule has 9 heteroatoms. The number of benzene rings is 2. The van der Waals surface area contributed by atoms with Crippen molar-refractivity contribution in [2.24, 2.45) is 5.16 Å². The van der Waals surface area contributed by atoms with Crippen molar-refractivity contribution < 1.29 is 22.7 Å². The van der Waals surface area contributed by atoms with Gasteiger partial charge in [0.15, 0.2) is 29.4 Å². The Morgan fingerprint density at radius 2 is 1.94 bits per heavy atom. The highest BCUT2D eigenvalue weighted by atomic mass is 19.2. The first-order valence-corrected chi connectivity index (χ1v) is 11.0. The van der Waals surface area contributed by atoms with E-state index < -0.39 is 23.6 Å². The van der Waals surface area contributed by atoms with Crippen molar-refractivity contribution in [1.29, 1.82) is 0 Å². The van der Waals surface area contributed by atoms with E-state index in [9.17, 15) is 13.2 Å². The minimum Gasteiger partial charge on any atom is -0.495 e. The molecule has 1 aromatic heterocycles. The fourth-order valence-electron chi connectivity index (χ4n) is 4.34. The Bertz CT molecular complexity index is 1280. The number of amidine groups is 1. The summed E-state index contributed by atoms with van der Waals surface area (Å²) in [7, 11) is 1.63.